The van der Waals surface area contributed by atoms with Gasteiger partial charge in [0.25, 0.3) is 0 Å². The first kappa shape index (κ1) is 22.2. The molecule has 2 atom stereocenters. The predicted octanol–water partition coefficient (Wildman–Crippen LogP) is 5.55. The van der Waals surface area contributed by atoms with E-state index in [1.165, 1.54) is 57.4 Å². The Bertz CT molecular complexity index is 389. The summed E-state index contributed by atoms with van der Waals surface area (Å²) in [7, 11) is 0. The first-order chi connectivity index (χ1) is 12.0. The highest BCUT2D eigenvalue weighted by Gasteiger charge is 2.39. The number of hydrogen-bond acceptors (Lipinski definition) is 4. The van der Waals surface area contributed by atoms with E-state index in [0.717, 1.165) is 12.8 Å². The van der Waals surface area contributed by atoms with Crippen LogP contribution in [0.3, 0.4) is 0 Å². The molecule has 25 heavy (non-hydrogen) atoms. The second-order valence-corrected chi connectivity index (χ2v) is 7.37. The Balaban J connectivity index is 2.24. The monoisotopic (exact) mass is 354 g/mol. The maximum atomic E-state index is 11.5. The van der Waals surface area contributed by atoms with Gasteiger partial charge in [-0.3, -0.25) is 0 Å². The van der Waals surface area contributed by atoms with E-state index in [1.54, 1.807) is 13.0 Å². The molecule has 1 aliphatic rings. The van der Waals surface area contributed by atoms with Gasteiger partial charge in [-0.1, -0.05) is 64.7 Å². The molecule has 0 N–H and O–H groups in total. The van der Waals surface area contributed by atoms with Gasteiger partial charge in [0, 0.05) is 6.08 Å². The number of rotatable bonds is 13. The van der Waals surface area contributed by atoms with E-state index < -0.39 is 5.79 Å². The van der Waals surface area contributed by atoms with Crippen molar-refractivity contribution in [2.24, 2.45) is 0 Å². The number of carbonyl (C=O) groups is 1. The summed E-state index contributed by atoms with van der Waals surface area (Å²) in [5.41, 5.74) is 0. The summed E-state index contributed by atoms with van der Waals surface area (Å²) >= 11 is 0. The molecule has 0 bridgehead atoms. The molecule has 4 heteroatoms. The zero-order valence-corrected chi connectivity index (χ0v) is 16.7. The molecule has 0 saturated carbocycles. The van der Waals surface area contributed by atoms with Gasteiger partial charge in [-0.2, -0.15) is 0 Å². The molecule has 0 aromatic heterocycles. The van der Waals surface area contributed by atoms with Crippen molar-refractivity contribution < 1.29 is 19.0 Å². The smallest absolute Gasteiger partial charge is 0.330 e. The molecule has 146 valence electrons. The summed E-state index contributed by atoms with van der Waals surface area (Å²) < 4.78 is 16.8. The van der Waals surface area contributed by atoms with E-state index in [4.69, 9.17) is 14.2 Å². The molecule has 0 aromatic carbocycles. The number of unbranched alkanes of at least 4 members (excludes halogenated alkanes) is 8. The van der Waals surface area contributed by atoms with Crippen molar-refractivity contribution in [2.45, 2.75) is 110 Å². The lowest BCUT2D eigenvalue weighted by Gasteiger charge is -2.16. The fourth-order valence-corrected chi connectivity index (χ4v) is 3.27. The van der Waals surface area contributed by atoms with Gasteiger partial charge in [-0.15, -0.1) is 0 Å². The van der Waals surface area contributed by atoms with E-state index in [-0.39, 0.29) is 18.2 Å². The van der Waals surface area contributed by atoms with Crippen LogP contribution < -0.4 is 0 Å². The minimum atomic E-state index is -0.590. The largest absolute Gasteiger partial charge is 0.463 e. The Hall–Kier alpha value is -0.870. The van der Waals surface area contributed by atoms with Crippen LogP contribution in [0, 0.1) is 0 Å². The Morgan fingerprint density at radius 1 is 0.960 bits per heavy atom. The maximum Gasteiger partial charge on any atom is 0.330 e. The minimum absolute atomic E-state index is 0.0187. The van der Waals surface area contributed by atoms with E-state index in [9.17, 15) is 4.79 Å². The molecule has 1 rings (SSSR count). The zero-order valence-electron chi connectivity index (χ0n) is 16.7. The number of ether oxygens (including phenoxy) is 3. The molecular formula is C21H38O4. The number of hydrogen-bond donors (Lipinski definition) is 0. The second kappa shape index (κ2) is 12.5. The Kier molecular flexibility index (Phi) is 11.1. The molecule has 4 nitrogen and oxygen atoms in total. The van der Waals surface area contributed by atoms with Gasteiger partial charge in [-0.05, 0) is 33.3 Å². The van der Waals surface area contributed by atoms with Crippen molar-refractivity contribution in [3.05, 3.63) is 12.2 Å². The molecule has 0 spiro atoms. The Morgan fingerprint density at radius 2 is 1.56 bits per heavy atom. The van der Waals surface area contributed by atoms with Crippen LogP contribution in [0.15, 0.2) is 12.2 Å². The highest BCUT2D eigenvalue weighted by molar-refractivity contribution is 5.81. The summed E-state index contributed by atoms with van der Waals surface area (Å²) in [6.07, 6.45) is 15.9. The lowest BCUT2D eigenvalue weighted by molar-refractivity contribution is -0.144. The van der Waals surface area contributed by atoms with Crippen molar-refractivity contribution in [1.29, 1.82) is 0 Å². The molecule has 1 aliphatic heterocycles. The van der Waals surface area contributed by atoms with Gasteiger partial charge in [0.2, 0.25) is 0 Å². The van der Waals surface area contributed by atoms with Crippen LogP contribution in [0.2, 0.25) is 0 Å². The molecule has 0 radical (unpaired) electrons. The quantitative estimate of drug-likeness (QED) is 0.247. The van der Waals surface area contributed by atoms with Gasteiger partial charge in [0.1, 0.15) is 6.10 Å². The van der Waals surface area contributed by atoms with Crippen molar-refractivity contribution >= 4 is 5.97 Å². The third kappa shape index (κ3) is 10.0. The second-order valence-electron chi connectivity index (χ2n) is 7.37. The maximum absolute atomic E-state index is 11.5. The highest BCUT2D eigenvalue weighted by Crippen LogP contribution is 2.31. The molecule has 0 aromatic rings. The van der Waals surface area contributed by atoms with Crippen LogP contribution >= 0.6 is 0 Å². The van der Waals surface area contributed by atoms with Gasteiger partial charge in [-0.25, -0.2) is 4.79 Å². The van der Waals surface area contributed by atoms with Crippen molar-refractivity contribution in [2.75, 3.05) is 6.61 Å². The molecule has 0 amide bonds. The summed E-state index contributed by atoms with van der Waals surface area (Å²) in [6.45, 7) is 8.30. The predicted molar refractivity (Wildman–Crippen MR) is 101 cm³/mol. The van der Waals surface area contributed by atoms with Crippen LogP contribution in [-0.4, -0.2) is 30.6 Å². The van der Waals surface area contributed by atoms with E-state index in [2.05, 4.69) is 6.92 Å². The Morgan fingerprint density at radius 3 is 2.16 bits per heavy atom. The molecular weight excluding hydrogens is 316 g/mol. The summed E-state index contributed by atoms with van der Waals surface area (Å²) in [5.74, 6) is -0.911. The van der Waals surface area contributed by atoms with Crippen LogP contribution in [0.1, 0.15) is 91.9 Å². The fourth-order valence-electron chi connectivity index (χ4n) is 3.27. The molecule has 1 fully saturated rings. The van der Waals surface area contributed by atoms with Crippen LogP contribution in [0.4, 0.5) is 0 Å². The SMILES string of the molecule is CCCCCCCCCCC[C@H]1OC(C)(C)O[C@@H]1/C=C/C(=O)OCC. The third-order valence-corrected chi connectivity index (χ3v) is 4.52. The average Bonchev–Trinajstić information content (AvgIpc) is 2.85. The fraction of sp³-hybridized carbons (Fsp3) is 0.857. The summed E-state index contributed by atoms with van der Waals surface area (Å²) in [6, 6.07) is 0. The summed E-state index contributed by atoms with van der Waals surface area (Å²) in [4.78, 5) is 11.5. The van der Waals surface area contributed by atoms with Crippen molar-refractivity contribution in [3.8, 4) is 0 Å². The molecule has 0 unspecified atom stereocenters. The topological polar surface area (TPSA) is 44.8 Å². The van der Waals surface area contributed by atoms with Crippen LogP contribution in [0.25, 0.3) is 0 Å². The van der Waals surface area contributed by atoms with Gasteiger partial charge in [0.05, 0.1) is 12.7 Å². The molecule has 0 aliphatic carbocycles. The lowest BCUT2D eigenvalue weighted by atomic mass is 10.0. The zero-order chi connectivity index (χ0) is 18.5. The number of esters is 1. The third-order valence-electron chi connectivity index (χ3n) is 4.52. The normalized spacial score (nSPS) is 22.6. The van der Waals surface area contributed by atoms with E-state index in [1.807, 2.05) is 13.8 Å². The van der Waals surface area contributed by atoms with Crippen molar-refractivity contribution in [3.63, 3.8) is 0 Å². The van der Waals surface area contributed by atoms with Crippen LogP contribution in [0.5, 0.6) is 0 Å². The highest BCUT2D eigenvalue weighted by atomic mass is 16.7. The summed E-state index contributed by atoms with van der Waals surface area (Å²) in [5, 5.41) is 0. The molecule has 1 saturated heterocycles. The van der Waals surface area contributed by atoms with E-state index in [0.29, 0.717) is 6.61 Å². The lowest BCUT2D eigenvalue weighted by Crippen LogP contribution is -2.21. The minimum Gasteiger partial charge on any atom is -0.463 e. The van der Waals surface area contributed by atoms with Gasteiger partial charge >= 0.3 is 5.97 Å². The van der Waals surface area contributed by atoms with Gasteiger partial charge < -0.3 is 14.2 Å². The van der Waals surface area contributed by atoms with Crippen molar-refractivity contribution in [1.82, 2.24) is 0 Å². The number of carbonyl (C=O) groups excluding carboxylic acids is 1. The Labute approximate surface area is 154 Å². The van der Waals surface area contributed by atoms with Gasteiger partial charge in [0.15, 0.2) is 5.79 Å². The molecule has 1 heterocycles. The van der Waals surface area contributed by atoms with Crippen LogP contribution in [-0.2, 0) is 19.0 Å². The van der Waals surface area contributed by atoms with E-state index >= 15 is 0 Å². The first-order valence-corrected chi connectivity index (χ1v) is 10.2. The average molecular weight is 355 g/mol. The standard InChI is InChI=1S/C21H38O4/c1-5-7-8-9-10-11-12-13-14-15-18-19(25-21(3,4)24-18)16-17-20(22)23-6-2/h16-19H,5-15H2,1-4H3/b17-16+/t18-,19-/m1/s1. The first-order valence-electron chi connectivity index (χ1n) is 10.2.